The maximum Gasteiger partial charge on any atom is 0.274 e. The van der Waals surface area contributed by atoms with E-state index in [0.29, 0.717) is 12.0 Å². The fraction of sp³-hybridized carbons (Fsp3) is 0.111. The Hall–Kier alpha value is -2.84. The minimum atomic E-state index is -0.261. The molecule has 0 saturated heterocycles. The van der Waals surface area contributed by atoms with Gasteiger partial charge in [-0.1, -0.05) is 5.21 Å². The van der Waals surface area contributed by atoms with Crippen LogP contribution in [0.5, 0.6) is 0 Å². The van der Waals surface area contributed by atoms with Gasteiger partial charge in [-0.2, -0.15) is 4.52 Å². The zero-order chi connectivity index (χ0) is 12.5. The summed E-state index contributed by atoms with van der Waals surface area (Å²) >= 11 is 0. The first kappa shape index (κ1) is 10.3. The summed E-state index contributed by atoms with van der Waals surface area (Å²) in [5.74, 6) is 0.285. The lowest BCUT2D eigenvalue weighted by molar-refractivity contribution is 0.111. The van der Waals surface area contributed by atoms with E-state index in [1.165, 1.54) is 27.8 Å². The topological polar surface area (TPSA) is 111 Å². The van der Waals surface area contributed by atoms with Gasteiger partial charge in [0, 0.05) is 6.07 Å². The summed E-state index contributed by atoms with van der Waals surface area (Å²) in [6.45, 7) is 0.249. The highest BCUT2D eigenvalue weighted by atomic mass is 16.1. The van der Waals surface area contributed by atoms with Crippen LogP contribution in [0.4, 0.5) is 0 Å². The molecule has 9 nitrogen and oxygen atoms in total. The van der Waals surface area contributed by atoms with Gasteiger partial charge in [0.25, 0.3) is 11.3 Å². The molecule has 0 aliphatic carbocycles. The summed E-state index contributed by atoms with van der Waals surface area (Å²) in [4.78, 5) is 30.2. The Labute approximate surface area is 99.1 Å². The van der Waals surface area contributed by atoms with Gasteiger partial charge < -0.3 is 0 Å². The van der Waals surface area contributed by atoms with Crippen molar-refractivity contribution in [1.82, 2.24) is 34.6 Å². The first-order chi connectivity index (χ1) is 8.76. The van der Waals surface area contributed by atoms with Crippen molar-refractivity contribution in [1.29, 1.82) is 0 Å². The highest BCUT2D eigenvalue weighted by Gasteiger charge is 2.06. The number of aldehydes is 1. The number of carbonyl (C=O) groups is 1. The molecule has 3 aromatic rings. The minimum Gasteiger partial charge on any atom is -0.296 e. The number of aromatic nitrogens is 7. The largest absolute Gasteiger partial charge is 0.296 e. The molecule has 3 aromatic heterocycles. The summed E-state index contributed by atoms with van der Waals surface area (Å²) in [6, 6.07) is 1.37. The Bertz CT molecular complexity index is 768. The van der Waals surface area contributed by atoms with E-state index in [4.69, 9.17) is 0 Å². The molecule has 0 aliphatic heterocycles. The predicted molar refractivity (Wildman–Crippen MR) is 58.1 cm³/mol. The fourth-order valence-corrected chi connectivity index (χ4v) is 1.56. The molecular weight excluding hydrogens is 238 g/mol. The monoisotopic (exact) mass is 245 g/mol. The maximum absolute atomic E-state index is 11.7. The average Bonchev–Trinajstić information content (AvgIpc) is 2.97. The van der Waals surface area contributed by atoms with Gasteiger partial charge in [0.05, 0.1) is 18.4 Å². The smallest absolute Gasteiger partial charge is 0.274 e. The van der Waals surface area contributed by atoms with Crippen LogP contribution in [0.2, 0.25) is 0 Å². The van der Waals surface area contributed by atoms with Gasteiger partial charge in [-0.15, -0.1) is 5.10 Å². The number of hydrogen-bond acceptors (Lipinski definition) is 6. The lowest BCUT2D eigenvalue weighted by Crippen LogP contribution is -2.17. The molecule has 9 heteroatoms. The molecule has 0 saturated carbocycles. The first-order valence-corrected chi connectivity index (χ1v) is 5.03. The maximum atomic E-state index is 11.7. The third kappa shape index (κ3) is 1.67. The molecule has 0 aromatic carbocycles. The first-order valence-electron chi connectivity index (χ1n) is 5.03. The van der Waals surface area contributed by atoms with Crippen LogP contribution in [0.25, 0.3) is 5.78 Å². The second kappa shape index (κ2) is 3.87. The van der Waals surface area contributed by atoms with Crippen LogP contribution in [-0.2, 0) is 6.54 Å². The number of nitrogens with one attached hydrogen (secondary N) is 1. The zero-order valence-electron chi connectivity index (χ0n) is 9.02. The normalized spacial score (nSPS) is 10.9. The second-order valence-electron chi connectivity index (χ2n) is 3.57. The Morgan fingerprint density at radius 3 is 3.11 bits per heavy atom. The van der Waals surface area contributed by atoms with Crippen molar-refractivity contribution < 1.29 is 4.79 Å². The fourth-order valence-electron chi connectivity index (χ4n) is 1.56. The Kier molecular flexibility index (Phi) is 2.22. The summed E-state index contributed by atoms with van der Waals surface area (Å²) in [5.41, 5.74) is 0.463. The summed E-state index contributed by atoms with van der Waals surface area (Å²) in [7, 11) is 0. The van der Waals surface area contributed by atoms with E-state index < -0.39 is 0 Å². The average molecular weight is 245 g/mol. The van der Waals surface area contributed by atoms with Gasteiger partial charge in [0.2, 0.25) is 0 Å². The number of rotatable bonds is 3. The number of carbonyl (C=O) groups excluding carboxylic acids is 1. The van der Waals surface area contributed by atoms with Crippen LogP contribution in [-0.4, -0.2) is 40.9 Å². The standard InChI is InChI=1S/C9H7N7O2/c17-4-7-3-15(14-13-7)2-6-1-8(18)16-9(12-6)10-5-11-16/h1,3-5H,2H2,(H,10,11,12). The summed E-state index contributed by atoms with van der Waals surface area (Å²) in [6.07, 6.45) is 3.46. The molecule has 0 spiro atoms. The summed E-state index contributed by atoms with van der Waals surface area (Å²) in [5, 5.41) is 10.00. The number of H-pyrrole nitrogens is 1. The quantitative estimate of drug-likeness (QED) is 0.584. The van der Waals surface area contributed by atoms with E-state index >= 15 is 0 Å². The van der Waals surface area contributed by atoms with Crippen molar-refractivity contribution >= 4 is 12.1 Å². The van der Waals surface area contributed by atoms with Crippen molar-refractivity contribution in [2.45, 2.75) is 6.54 Å². The minimum absolute atomic E-state index is 0.229. The van der Waals surface area contributed by atoms with Crippen molar-refractivity contribution in [3.8, 4) is 0 Å². The van der Waals surface area contributed by atoms with Crippen LogP contribution in [0.1, 0.15) is 16.2 Å². The van der Waals surface area contributed by atoms with E-state index in [-0.39, 0.29) is 23.6 Å². The van der Waals surface area contributed by atoms with Crippen LogP contribution in [0, 0.1) is 0 Å². The van der Waals surface area contributed by atoms with Gasteiger partial charge >= 0.3 is 0 Å². The molecule has 0 fully saturated rings. The van der Waals surface area contributed by atoms with Gasteiger partial charge in [0.15, 0.2) is 6.29 Å². The molecule has 1 N–H and O–H groups in total. The van der Waals surface area contributed by atoms with Crippen LogP contribution >= 0.6 is 0 Å². The van der Waals surface area contributed by atoms with Gasteiger partial charge in [0.1, 0.15) is 12.0 Å². The molecule has 0 radical (unpaired) electrons. The van der Waals surface area contributed by atoms with Crippen LogP contribution in [0.15, 0.2) is 23.4 Å². The molecule has 18 heavy (non-hydrogen) atoms. The molecule has 3 rings (SSSR count). The molecular formula is C9H7N7O2. The Balaban J connectivity index is 1.99. The second-order valence-corrected chi connectivity index (χ2v) is 3.57. The molecule has 90 valence electrons. The molecule has 0 aliphatic rings. The van der Waals surface area contributed by atoms with Crippen molar-refractivity contribution in [2.24, 2.45) is 0 Å². The number of fused-ring (bicyclic) bond motifs is 1. The lowest BCUT2D eigenvalue weighted by atomic mass is 10.4. The molecule has 0 atom stereocenters. The van der Waals surface area contributed by atoms with Gasteiger partial charge in [-0.25, -0.2) is 14.6 Å². The molecule has 0 amide bonds. The molecule has 0 bridgehead atoms. The lowest BCUT2D eigenvalue weighted by Gasteiger charge is -1.99. The van der Waals surface area contributed by atoms with E-state index in [0.717, 1.165) is 0 Å². The highest BCUT2D eigenvalue weighted by Crippen LogP contribution is 1.98. The van der Waals surface area contributed by atoms with E-state index in [2.05, 4.69) is 25.4 Å². The van der Waals surface area contributed by atoms with Crippen LogP contribution in [0.3, 0.4) is 0 Å². The Morgan fingerprint density at radius 1 is 1.44 bits per heavy atom. The third-order valence-corrected chi connectivity index (χ3v) is 2.32. The summed E-state index contributed by atoms with van der Waals surface area (Å²) < 4.78 is 2.65. The SMILES string of the molecule is O=Cc1cn(Cc2cc(=O)n3[nH]cnc3n2)nn1. The van der Waals surface area contributed by atoms with Gasteiger partial charge in [-0.05, 0) is 0 Å². The number of nitrogens with zero attached hydrogens (tertiary/aromatic N) is 6. The van der Waals surface area contributed by atoms with Crippen molar-refractivity contribution in [3.05, 3.63) is 40.3 Å². The van der Waals surface area contributed by atoms with E-state index in [1.54, 1.807) is 0 Å². The van der Waals surface area contributed by atoms with E-state index in [9.17, 15) is 9.59 Å². The van der Waals surface area contributed by atoms with Crippen LogP contribution < -0.4 is 5.56 Å². The van der Waals surface area contributed by atoms with Crippen molar-refractivity contribution in [3.63, 3.8) is 0 Å². The van der Waals surface area contributed by atoms with E-state index in [1.807, 2.05) is 0 Å². The zero-order valence-corrected chi connectivity index (χ0v) is 9.02. The van der Waals surface area contributed by atoms with Gasteiger partial charge in [-0.3, -0.25) is 14.7 Å². The third-order valence-electron chi connectivity index (χ3n) is 2.32. The Morgan fingerprint density at radius 2 is 2.33 bits per heavy atom. The number of hydrogen-bond donors (Lipinski definition) is 1. The molecule has 3 heterocycles. The molecule has 0 unspecified atom stereocenters. The van der Waals surface area contributed by atoms with Crippen molar-refractivity contribution in [2.75, 3.05) is 0 Å². The highest BCUT2D eigenvalue weighted by molar-refractivity contribution is 5.70. The predicted octanol–water partition coefficient (Wildman–Crippen LogP) is -1.13. The number of aromatic amines is 1.